The van der Waals surface area contributed by atoms with Gasteiger partial charge in [-0.15, -0.1) is 0 Å². The number of nitrogens with zero attached hydrogens (tertiary/aromatic N) is 1. The number of amides is 1. The second kappa shape index (κ2) is 7.40. The number of pyridine rings is 1. The van der Waals surface area contributed by atoms with E-state index in [0.29, 0.717) is 10.7 Å². The van der Waals surface area contributed by atoms with Crippen LogP contribution in [0.5, 0.6) is 0 Å². The van der Waals surface area contributed by atoms with Crippen molar-refractivity contribution in [3.8, 4) is 0 Å². The van der Waals surface area contributed by atoms with Crippen molar-refractivity contribution in [2.45, 2.75) is 26.8 Å². The SMILES string of the molecule is Cc1ccn(C(C(=O)Nc2ccc(C(N)=S)cc2)C(C)C)c(=O)c1. The van der Waals surface area contributed by atoms with E-state index in [0.717, 1.165) is 11.1 Å². The summed E-state index contributed by atoms with van der Waals surface area (Å²) in [5.74, 6) is -0.277. The van der Waals surface area contributed by atoms with E-state index in [1.807, 2.05) is 26.8 Å². The van der Waals surface area contributed by atoms with Gasteiger partial charge in [0.1, 0.15) is 11.0 Å². The van der Waals surface area contributed by atoms with Gasteiger partial charge in [-0.2, -0.15) is 0 Å². The van der Waals surface area contributed by atoms with Crippen LogP contribution in [0.4, 0.5) is 5.69 Å². The van der Waals surface area contributed by atoms with Gasteiger partial charge in [0.2, 0.25) is 5.91 Å². The maximum atomic E-state index is 12.7. The van der Waals surface area contributed by atoms with Crippen LogP contribution >= 0.6 is 12.2 Å². The second-order valence-electron chi connectivity index (χ2n) is 6.07. The van der Waals surface area contributed by atoms with Crippen molar-refractivity contribution in [2.75, 3.05) is 5.32 Å². The van der Waals surface area contributed by atoms with E-state index in [1.165, 1.54) is 10.6 Å². The van der Waals surface area contributed by atoms with Gasteiger partial charge >= 0.3 is 0 Å². The predicted molar refractivity (Wildman–Crippen MR) is 100 cm³/mol. The van der Waals surface area contributed by atoms with E-state index in [-0.39, 0.29) is 17.4 Å². The molecule has 1 atom stereocenters. The summed E-state index contributed by atoms with van der Waals surface area (Å²) in [6.07, 6.45) is 1.66. The first-order valence-corrected chi connectivity index (χ1v) is 8.10. The zero-order chi connectivity index (χ0) is 17.9. The molecule has 126 valence electrons. The highest BCUT2D eigenvalue weighted by Gasteiger charge is 2.25. The molecule has 0 spiro atoms. The summed E-state index contributed by atoms with van der Waals surface area (Å²) < 4.78 is 1.47. The molecule has 1 aromatic heterocycles. The lowest BCUT2D eigenvalue weighted by Crippen LogP contribution is -2.36. The summed E-state index contributed by atoms with van der Waals surface area (Å²) >= 11 is 4.91. The summed E-state index contributed by atoms with van der Waals surface area (Å²) in [7, 11) is 0. The Morgan fingerprint density at radius 3 is 2.33 bits per heavy atom. The van der Waals surface area contributed by atoms with E-state index in [9.17, 15) is 9.59 Å². The standard InChI is InChI=1S/C18H21N3O2S/c1-11(2)16(21-9-8-12(3)10-15(21)22)18(23)20-14-6-4-13(5-7-14)17(19)24/h4-11,16H,1-3H3,(H2,19,24)(H,20,23). The van der Waals surface area contributed by atoms with Crippen molar-refractivity contribution in [2.24, 2.45) is 11.7 Å². The van der Waals surface area contributed by atoms with E-state index in [2.05, 4.69) is 5.32 Å². The van der Waals surface area contributed by atoms with E-state index >= 15 is 0 Å². The fourth-order valence-corrected chi connectivity index (χ4v) is 2.64. The van der Waals surface area contributed by atoms with E-state index in [1.54, 1.807) is 30.5 Å². The summed E-state index contributed by atoms with van der Waals surface area (Å²) in [5.41, 5.74) is 7.61. The highest BCUT2D eigenvalue weighted by molar-refractivity contribution is 7.80. The van der Waals surface area contributed by atoms with Gasteiger partial charge in [0.15, 0.2) is 0 Å². The molecule has 1 unspecified atom stereocenters. The van der Waals surface area contributed by atoms with E-state index < -0.39 is 6.04 Å². The first-order valence-electron chi connectivity index (χ1n) is 7.69. The molecule has 1 heterocycles. The van der Waals surface area contributed by atoms with Gasteiger partial charge in [0, 0.05) is 23.5 Å². The highest BCUT2D eigenvalue weighted by atomic mass is 32.1. The number of anilines is 1. The molecular formula is C18H21N3O2S. The number of benzene rings is 1. The molecule has 6 heteroatoms. The quantitative estimate of drug-likeness (QED) is 0.818. The van der Waals surface area contributed by atoms with Crippen molar-refractivity contribution in [1.29, 1.82) is 0 Å². The fourth-order valence-electron chi connectivity index (χ4n) is 2.50. The first-order chi connectivity index (χ1) is 11.3. The Hall–Kier alpha value is -2.47. The summed E-state index contributed by atoms with van der Waals surface area (Å²) in [6, 6.07) is 9.73. The molecule has 24 heavy (non-hydrogen) atoms. The van der Waals surface area contributed by atoms with Gasteiger partial charge in [-0.05, 0) is 48.7 Å². The molecule has 1 aromatic carbocycles. The molecule has 0 aliphatic carbocycles. The number of hydrogen-bond donors (Lipinski definition) is 2. The van der Waals surface area contributed by atoms with Crippen LogP contribution in [0.25, 0.3) is 0 Å². The van der Waals surface area contributed by atoms with Crippen molar-refractivity contribution < 1.29 is 4.79 Å². The van der Waals surface area contributed by atoms with Crippen molar-refractivity contribution in [3.05, 3.63) is 64.1 Å². The Morgan fingerprint density at radius 2 is 1.83 bits per heavy atom. The summed E-state index contributed by atoms with van der Waals surface area (Å²) in [5, 5.41) is 2.85. The molecule has 2 aromatic rings. The smallest absolute Gasteiger partial charge is 0.251 e. The van der Waals surface area contributed by atoms with Crippen LogP contribution in [0.1, 0.15) is 31.0 Å². The van der Waals surface area contributed by atoms with Gasteiger partial charge in [-0.25, -0.2) is 0 Å². The average Bonchev–Trinajstić information content (AvgIpc) is 2.50. The zero-order valence-corrected chi connectivity index (χ0v) is 14.8. The molecule has 0 bridgehead atoms. The molecule has 0 radical (unpaired) electrons. The van der Waals surface area contributed by atoms with Crippen LogP contribution in [-0.2, 0) is 4.79 Å². The van der Waals surface area contributed by atoms with Crippen molar-refractivity contribution in [1.82, 2.24) is 4.57 Å². The number of carbonyl (C=O) groups is 1. The highest BCUT2D eigenvalue weighted by Crippen LogP contribution is 2.19. The lowest BCUT2D eigenvalue weighted by Gasteiger charge is -2.23. The van der Waals surface area contributed by atoms with Gasteiger partial charge in [0.25, 0.3) is 5.56 Å². The van der Waals surface area contributed by atoms with Crippen molar-refractivity contribution >= 4 is 28.8 Å². The second-order valence-corrected chi connectivity index (χ2v) is 6.51. The average molecular weight is 343 g/mol. The topological polar surface area (TPSA) is 77.1 Å². The number of nitrogens with two attached hydrogens (primary N) is 1. The third-order valence-electron chi connectivity index (χ3n) is 3.74. The number of rotatable bonds is 5. The normalized spacial score (nSPS) is 12.0. The third kappa shape index (κ3) is 4.08. The number of aryl methyl sites for hydroxylation is 1. The van der Waals surface area contributed by atoms with Crippen LogP contribution in [0, 0.1) is 12.8 Å². The Bertz CT molecular complexity index is 810. The van der Waals surface area contributed by atoms with Crippen LogP contribution in [0.2, 0.25) is 0 Å². The number of carbonyl (C=O) groups excluding carboxylic acids is 1. The maximum absolute atomic E-state index is 12.7. The zero-order valence-electron chi connectivity index (χ0n) is 13.9. The number of aromatic nitrogens is 1. The third-order valence-corrected chi connectivity index (χ3v) is 3.98. The van der Waals surface area contributed by atoms with Gasteiger partial charge in [-0.1, -0.05) is 26.1 Å². The number of thiocarbonyl (C=S) groups is 1. The molecule has 5 nitrogen and oxygen atoms in total. The van der Waals surface area contributed by atoms with Crippen LogP contribution < -0.4 is 16.6 Å². The molecular weight excluding hydrogens is 322 g/mol. The Labute approximate surface area is 146 Å². The molecule has 0 saturated carbocycles. The molecule has 0 fully saturated rings. The van der Waals surface area contributed by atoms with Gasteiger partial charge in [0.05, 0.1) is 0 Å². The molecule has 1 amide bonds. The molecule has 0 saturated heterocycles. The lowest BCUT2D eigenvalue weighted by atomic mass is 10.0. The van der Waals surface area contributed by atoms with Crippen LogP contribution in [0.15, 0.2) is 47.4 Å². The van der Waals surface area contributed by atoms with Gasteiger partial charge < -0.3 is 15.6 Å². The minimum atomic E-state index is -0.589. The van der Waals surface area contributed by atoms with Gasteiger partial charge in [-0.3, -0.25) is 9.59 Å². The summed E-state index contributed by atoms with van der Waals surface area (Å²) in [4.78, 5) is 25.2. The largest absolute Gasteiger partial charge is 0.389 e. The molecule has 0 aliphatic heterocycles. The first kappa shape index (κ1) is 17.9. The van der Waals surface area contributed by atoms with Crippen molar-refractivity contribution in [3.63, 3.8) is 0 Å². The predicted octanol–water partition coefficient (Wildman–Crippen LogP) is 2.63. The number of hydrogen-bond acceptors (Lipinski definition) is 3. The monoisotopic (exact) mass is 343 g/mol. The minimum Gasteiger partial charge on any atom is -0.389 e. The molecule has 0 aliphatic rings. The van der Waals surface area contributed by atoms with Crippen LogP contribution in [-0.4, -0.2) is 15.5 Å². The Morgan fingerprint density at radius 1 is 1.21 bits per heavy atom. The minimum absolute atomic E-state index is 0.0405. The Balaban J connectivity index is 2.26. The molecule has 3 N–H and O–H groups in total. The van der Waals surface area contributed by atoms with Crippen LogP contribution in [0.3, 0.4) is 0 Å². The number of nitrogens with one attached hydrogen (secondary N) is 1. The lowest BCUT2D eigenvalue weighted by molar-refractivity contribution is -0.120. The summed E-state index contributed by atoms with van der Waals surface area (Å²) in [6.45, 7) is 5.67. The van der Waals surface area contributed by atoms with E-state index in [4.69, 9.17) is 18.0 Å². The molecule has 2 rings (SSSR count). The maximum Gasteiger partial charge on any atom is 0.251 e. The Kier molecular flexibility index (Phi) is 5.51. The fraction of sp³-hybridized carbons (Fsp3) is 0.278.